The smallest absolute Gasteiger partial charge is 0.245 e. The first-order valence-corrected chi connectivity index (χ1v) is 7.21. The molecule has 2 aromatic rings. The first-order valence-electron chi connectivity index (χ1n) is 5.77. The van der Waals surface area contributed by atoms with E-state index >= 15 is 0 Å². The summed E-state index contributed by atoms with van der Waals surface area (Å²) in [6, 6.07) is 6.80. The number of imidazole rings is 1. The molecule has 0 saturated heterocycles. The van der Waals surface area contributed by atoms with Gasteiger partial charge in [0.2, 0.25) is 10.0 Å². The molecule has 1 aromatic carbocycles. The largest absolute Gasteiger partial charge is 0.387 e. The van der Waals surface area contributed by atoms with Crippen molar-refractivity contribution in [2.75, 3.05) is 19.4 Å². The van der Waals surface area contributed by atoms with Gasteiger partial charge in [0.05, 0.1) is 12.2 Å². The van der Waals surface area contributed by atoms with E-state index in [0.717, 1.165) is 0 Å². The Morgan fingerprint density at radius 3 is 2.74 bits per heavy atom. The molecular weight excluding hydrogens is 264 g/mol. The minimum absolute atomic E-state index is 0.202. The number of nitrogens with one attached hydrogen (secondary N) is 2. The van der Waals surface area contributed by atoms with Crippen LogP contribution in [0.3, 0.4) is 0 Å². The molecule has 0 aliphatic rings. The minimum atomic E-state index is -3.55. The number of aromatic amines is 1. The van der Waals surface area contributed by atoms with E-state index in [-0.39, 0.29) is 11.4 Å². The number of H-pyrrole nitrogens is 1. The van der Waals surface area contributed by atoms with Gasteiger partial charge in [-0.3, -0.25) is 0 Å². The van der Waals surface area contributed by atoms with Crippen molar-refractivity contribution in [2.45, 2.75) is 11.4 Å². The first-order chi connectivity index (χ1) is 9.05. The van der Waals surface area contributed by atoms with Crippen LogP contribution < -0.4 is 5.32 Å². The third-order valence-corrected chi connectivity index (χ3v) is 4.63. The van der Waals surface area contributed by atoms with E-state index in [1.54, 1.807) is 43.7 Å². The zero-order valence-corrected chi connectivity index (χ0v) is 11.6. The Labute approximate surface area is 112 Å². The standard InChI is InChI=1S/C12H16N4O2S/c1-13-10-5-3-4-6-11(10)19(17,18)16(2)9-12-14-7-8-15-12/h3-8,13H,9H2,1-2H3,(H,14,15). The average molecular weight is 280 g/mol. The second kappa shape index (κ2) is 5.41. The van der Waals surface area contributed by atoms with Crippen LogP contribution in [0.1, 0.15) is 5.82 Å². The van der Waals surface area contributed by atoms with Gasteiger partial charge in [-0.25, -0.2) is 13.4 Å². The highest BCUT2D eigenvalue weighted by Crippen LogP contribution is 2.23. The Morgan fingerprint density at radius 2 is 2.11 bits per heavy atom. The number of para-hydroxylation sites is 1. The number of sulfonamides is 1. The van der Waals surface area contributed by atoms with Gasteiger partial charge in [-0.1, -0.05) is 12.1 Å². The third-order valence-electron chi connectivity index (χ3n) is 2.77. The summed E-state index contributed by atoms with van der Waals surface area (Å²) in [5.74, 6) is 0.605. The van der Waals surface area contributed by atoms with E-state index < -0.39 is 10.0 Å². The van der Waals surface area contributed by atoms with Crippen molar-refractivity contribution >= 4 is 15.7 Å². The summed E-state index contributed by atoms with van der Waals surface area (Å²) >= 11 is 0. The number of nitrogens with zero attached hydrogens (tertiary/aromatic N) is 2. The molecule has 1 heterocycles. The lowest BCUT2D eigenvalue weighted by Gasteiger charge is -2.18. The van der Waals surface area contributed by atoms with Crippen LogP contribution in [0, 0.1) is 0 Å². The summed E-state index contributed by atoms with van der Waals surface area (Å²) in [4.78, 5) is 7.17. The molecule has 0 aliphatic heterocycles. The Bertz CT molecular complexity index is 638. The quantitative estimate of drug-likeness (QED) is 0.864. The van der Waals surface area contributed by atoms with Crippen LogP contribution in [-0.2, 0) is 16.6 Å². The summed E-state index contributed by atoms with van der Waals surface area (Å²) in [5, 5.41) is 2.89. The zero-order chi connectivity index (χ0) is 13.9. The van der Waals surface area contributed by atoms with Crippen molar-refractivity contribution in [1.82, 2.24) is 14.3 Å². The van der Waals surface area contributed by atoms with Gasteiger partial charge in [0.25, 0.3) is 0 Å². The molecule has 0 aliphatic carbocycles. The Hall–Kier alpha value is -1.86. The fourth-order valence-electron chi connectivity index (χ4n) is 1.75. The molecule has 0 radical (unpaired) electrons. The fourth-order valence-corrected chi connectivity index (χ4v) is 3.07. The van der Waals surface area contributed by atoms with Crippen LogP contribution >= 0.6 is 0 Å². The van der Waals surface area contributed by atoms with Gasteiger partial charge in [-0.05, 0) is 12.1 Å². The Kier molecular flexibility index (Phi) is 3.87. The van der Waals surface area contributed by atoms with Crippen molar-refractivity contribution in [1.29, 1.82) is 0 Å². The monoisotopic (exact) mass is 280 g/mol. The second-order valence-electron chi connectivity index (χ2n) is 4.04. The molecule has 0 unspecified atom stereocenters. The number of hydrogen-bond donors (Lipinski definition) is 2. The summed E-state index contributed by atoms with van der Waals surface area (Å²) in [5.41, 5.74) is 0.578. The molecule has 0 amide bonds. The maximum atomic E-state index is 12.5. The summed E-state index contributed by atoms with van der Waals surface area (Å²) in [6.45, 7) is 0.202. The lowest BCUT2D eigenvalue weighted by Crippen LogP contribution is -2.27. The van der Waals surface area contributed by atoms with Crippen molar-refractivity contribution in [3.05, 3.63) is 42.5 Å². The van der Waals surface area contributed by atoms with Crippen LogP contribution in [-0.4, -0.2) is 36.8 Å². The maximum Gasteiger partial charge on any atom is 0.245 e. The summed E-state index contributed by atoms with van der Waals surface area (Å²) in [7, 11) is -0.320. The van der Waals surface area contributed by atoms with Crippen LogP contribution in [0.25, 0.3) is 0 Å². The van der Waals surface area contributed by atoms with Gasteiger partial charge >= 0.3 is 0 Å². The molecule has 102 valence electrons. The van der Waals surface area contributed by atoms with E-state index in [1.807, 2.05) is 0 Å². The molecule has 0 fully saturated rings. The van der Waals surface area contributed by atoms with Crippen molar-refractivity contribution in [3.8, 4) is 0 Å². The van der Waals surface area contributed by atoms with E-state index in [0.29, 0.717) is 11.5 Å². The number of hydrogen-bond acceptors (Lipinski definition) is 4. The number of benzene rings is 1. The number of rotatable bonds is 5. The average Bonchev–Trinajstić information content (AvgIpc) is 2.91. The number of aromatic nitrogens is 2. The topological polar surface area (TPSA) is 78.1 Å². The molecule has 6 nitrogen and oxygen atoms in total. The van der Waals surface area contributed by atoms with Gasteiger partial charge in [-0.15, -0.1) is 0 Å². The third kappa shape index (κ3) is 2.77. The molecule has 19 heavy (non-hydrogen) atoms. The van der Waals surface area contributed by atoms with Crippen molar-refractivity contribution < 1.29 is 8.42 Å². The predicted octanol–water partition coefficient (Wildman–Crippen LogP) is 1.27. The van der Waals surface area contributed by atoms with Gasteiger partial charge < -0.3 is 10.3 Å². The van der Waals surface area contributed by atoms with Crippen molar-refractivity contribution in [3.63, 3.8) is 0 Å². The SMILES string of the molecule is CNc1ccccc1S(=O)(=O)N(C)Cc1ncc[nH]1. The Morgan fingerprint density at radius 1 is 1.37 bits per heavy atom. The fraction of sp³-hybridized carbons (Fsp3) is 0.250. The molecular formula is C12H16N4O2S. The lowest BCUT2D eigenvalue weighted by molar-refractivity contribution is 0.458. The summed E-state index contributed by atoms with van der Waals surface area (Å²) < 4.78 is 26.2. The highest BCUT2D eigenvalue weighted by atomic mass is 32.2. The van der Waals surface area contributed by atoms with E-state index in [9.17, 15) is 8.42 Å². The molecule has 0 spiro atoms. The van der Waals surface area contributed by atoms with Crippen LogP contribution in [0.15, 0.2) is 41.6 Å². The van der Waals surface area contributed by atoms with Crippen LogP contribution in [0.4, 0.5) is 5.69 Å². The predicted molar refractivity (Wildman–Crippen MR) is 73.2 cm³/mol. The molecule has 7 heteroatoms. The van der Waals surface area contributed by atoms with E-state index in [4.69, 9.17) is 0 Å². The molecule has 2 rings (SSSR count). The Balaban J connectivity index is 2.31. The van der Waals surface area contributed by atoms with Gasteiger partial charge in [0.15, 0.2) is 0 Å². The lowest BCUT2D eigenvalue weighted by atomic mass is 10.3. The van der Waals surface area contributed by atoms with Gasteiger partial charge in [0, 0.05) is 26.5 Å². The minimum Gasteiger partial charge on any atom is -0.387 e. The van der Waals surface area contributed by atoms with Crippen molar-refractivity contribution in [2.24, 2.45) is 0 Å². The van der Waals surface area contributed by atoms with Crippen LogP contribution in [0.2, 0.25) is 0 Å². The van der Waals surface area contributed by atoms with Crippen LogP contribution in [0.5, 0.6) is 0 Å². The maximum absolute atomic E-state index is 12.5. The molecule has 0 bridgehead atoms. The molecule has 1 aromatic heterocycles. The molecule has 2 N–H and O–H groups in total. The second-order valence-corrected chi connectivity index (χ2v) is 6.06. The van der Waals surface area contributed by atoms with E-state index in [1.165, 1.54) is 11.4 Å². The van der Waals surface area contributed by atoms with Gasteiger partial charge in [0.1, 0.15) is 10.7 Å². The summed E-state index contributed by atoms with van der Waals surface area (Å²) in [6.07, 6.45) is 3.26. The highest BCUT2D eigenvalue weighted by molar-refractivity contribution is 7.89. The van der Waals surface area contributed by atoms with Gasteiger partial charge in [-0.2, -0.15) is 4.31 Å². The molecule has 0 saturated carbocycles. The first kappa shape index (κ1) is 13.6. The highest BCUT2D eigenvalue weighted by Gasteiger charge is 2.24. The number of anilines is 1. The normalized spacial score (nSPS) is 11.7. The molecule has 0 atom stereocenters. The van der Waals surface area contributed by atoms with E-state index in [2.05, 4.69) is 15.3 Å². The zero-order valence-electron chi connectivity index (χ0n) is 10.8.